The molecule has 0 amide bonds. The maximum absolute atomic E-state index is 12.8. The van der Waals surface area contributed by atoms with E-state index >= 15 is 0 Å². The van der Waals surface area contributed by atoms with Crippen molar-refractivity contribution in [2.24, 2.45) is 0 Å². The third-order valence-corrected chi connectivity index (χ3v) is 7.16. The molecule has 34 heavy (non-hydrogen) atoms. The predicted molar refractivity (Wildman–Crippen MR) is 135 cm³/mol. The summed E-state index contributed by atoms with van der Waals surface area (Å²) in [4.78, 5) is 14.0. The number of esters is 1. The SMILES string of the molecule is CCOC(=O)CN(C)CCC(Nc1ccc(S(=O)(=O)Cc2ccccc2)cc1)c1ccccc1. The highest BCUT2D eigenvalue weighted by Gasteiger charge is 2.17. The number of hydrogen-bond acceptors (Lipinski definition) is 6. The quantitative estimate of drug-likeness (QED) is 0.379. The number of likely N-dealkylation sites (N-methyl/N-ethyl adjacent to an activating group) is 1. The number of anilines is 1. The van der Waals surface area contributed by atoms with Crippen LogP contribution >= 0.6 is 0 Å². The van der Waals surface area contributed by atoms with E-state index in [4.69, 9.17) is 4.74 Å². The first-order valence-electron chi connectivity index (χ1n) is 11.4. The van der Waals surface area contributed by atoms with Gasteiger partial charge < -0.3 is 10.1 Å². The van der Waals surface area contributed by atoms with Crippen LogP contribution in [0.3, 0.4) is 0 Å². The van der Waals surface area contributed by atoms with E-state index in [9.17, 15) is 13.2 Å². The second-order valence-electron chi connectivity index (χ2n) is 8.21. The van der Waals surface area contributed by atoms with Crippen molar-refractivity contribution in [1.82, 2.24) is 4.90 Å². The van der Waals surface area contributed by atoms with Crippen LogP contribution in [-0.4, -0.2) is 46.0 Å². The van der Waals surface area contributed by atoms with Crippen molar-refractivity contribution in [3.05, 3.63) is 96.1 Å². The van der Waals surface area contributed by atoms with Gasteiger partial charge in [0.25, 0.3) is 0 Å². The lowest BCUT2D eigenvalue weighted by Crippen LogP contribution is -2.30. The Bertz CT molecular complexity index is 1130. The largest absolute Gasteiger partial charge is 0.465 e. The van der Waals surface area contributed by atoms with Crippen LogP contribution in [0.15, 0.2) is 89.8 Å². The monoisotopic (exact) mass is 480 g/mol. The summed E-state index contributed by atoms with van der Waals surface area (Å²) >= 11 is 0. The topological polar surface area (TPSA) is 75.7 Å². The van der Waals surface area contributed by atoms with Gasteiger partial charge in [-0.05, 0) is 55.8 Å². The molecule has 1 N–H and O–H groups in total. The van der Waals surface area contributed by atoms with Crippen LogP contribution in [0.5, 0.6) is 0 Å². The number of carbonyl (C=O) groups excluding carboxylic acids is 1. The van der Waals surface area contributed by atoms with Crippen molar-refractivity contribution in [3.8, 4) is 0 Å². The summed E-state index contributed by atoms with van der Waals surface area (Å²) in [7, 11) is -1.53. The van der Waals surface area contributed by atoms with E-state index < -0.39 is 9.84 Å². The Morgan fingerprint density at radius 1 is 0.941 bits per heavy atom. The minimum atomic E-state index is -3.43. The Labute approximate surface area is 202 Å². The molecule has 0 bridgehead atoms. The first kappa shape index (κ1) is 25.5. The molecule has 3 aromatic carbocycles. The normalized spacial score (nSPS) is 12.3. The lowest BCUT2D eigenvalue weighted by atomic mass is 10.0. The van der Waals surface area contributed by atoms with Gasteiger partial charge in [0.2, 0.25) is 0 Å². The van der Waals surface area contributed by atoms with Crippen molar-refractivity contribution in [3.63, 3.8) is 0 Å². The Hall–Kier alpha value is -3.16. The first-order chi connectivity index (χ1) is 16.4. The van der Waals surface area contributed by atoms with Gasteiger partial charge in [0.05, 0.1) is 29.8 Å². The van der Waals surface area contributed by atoms with Crippen LogP contribution in [0.25, 0.3) is 0 Å². The zero-order chi connectivity index (χ0) is 24.4. The van der Waals surface area contributed by atoms with Gasteiger partial charge in [-0.3, -0.25) is 9.69 Å². The van der Waals surface area contributed by atoms with E-state index in [1.54, 1.807) is 31.2 Å². The van der Waals surface area contributed by atoms with Crippen LogP contribution in [0.2, 0.25) is 0 Å². The van der Waals surface area contributed by atoms with Crippen LogP contribution in [-0.2, 0) is 25.1 Å². The van der Waals surface area contributed by atoms with Gasteiger partial charge in [0.15, 0.2) is 9.84 Å². The standard InChI is InChI=1S/C27H32N2O4S/c1-3-33-27(30)20-29(2)19-18-26(23-12-8-5-9-13-23)28-24-14-16-25(17-15-24)34(31,32)21-22-10-6-4-7-11-22/h4-17,26,28H,3,18-21H2,1-2H3. The van der Waals surface area contributed by atoms with Gasteiger partial charge in [-0.25, -0.2) is 8.42 Å². The van der Waals surface area contributed by atoms with Crippen LogP contribution in [0.4, 0.5) is 5.69 Å². The molecule has 0 aromatic heterocycles. The number of carbonyl (C=O) groups is 1. The van der Waals surface area contributed by atoms with Crippen molar-refractivity contribution in [1.29, 1.82) is 0 Å². The zero-order valence-corrected chi connectivity index (χ0v) is 20.5. The Morgan fingerprint density at radius 3 is 2.18 bits per heavy atom. The molecule has 0 heterocycles. The zero-order valence-electron chi connectivity index (χ0n) is 19.7. The van der Waals surface area contributed by atoms with E-state index in [1.165, 1.54) is 0 Å². The first-order valence-corrected chi connectivity index (χ1v) is 13.0. The van der Waals surface area contributed by atoms with Crippen molar-refractivity contribution >= 4 is 21.5 Å². The fourth-order valence-electron chi connectivity index (χ4n) is 3.70. The minimum absolute atomic E-state index is 0.00220. The predicted octanol–water partition coefficient (Wildman–Crippen LogP) is 4.70. The molecular formula is C27H32N2O4S. The molecule has 0 aliphatic carbocycles. The molecule has 0 fully saturated rings. The molecular weight excluding hydrogens is 448 g/mol. The van der Waals surface area contributed by atoms with E-state index in [0.29, 0.717) is 18.0 Å². The fourth-order valence-corrected chi connectivity index (χ4v) is 5.05. The van der Waals surface area contributed by atoms with Crippen LogP contribution < -0.4 is 5.32 Å². The smallest absolute Gasteiger partial charge is 0.320 e. The summed E-state index contributed by atoms with van der Waals surface area (Å²) in [5.74, 6) is -0.262. The van der Waals surface area contributed by atoms with E-state index in [2.05, 4.69) is 17.4 Å². The molecule has 0 saturated carbocycles. The maximum Gasteiger partial charge on any atom is 0.320 e. The lowest BCUT2D eigenvalue weighted by Gasteiger charge is -2.24. The minimum Gasteiger partial charge on any atom is -0.465 e. The molecule has 0 spiro atoms. The summed E-state index contributed by atoms with van der Waals surface area (Å²) in [6, 6.07) is 26.1. The van der Waals surface area contributed by atoms with Gasteiger partial charge in [0, 0.05) is 12.2 Å². The lowest BCUT2D eigenvalue weighted by molar-refractivity contribution is -0.144. The molecule has 1 atom stereocenters. The number of hydrogen-bond donors (Lipinski definition) is 1. The average molecular weight is 481 g/mol. The molecule has 0 radical (unpaired) electrons. The van der Waals surface area contributed by atoms with E-state index in [1.807, 2.05) is 60.5 Å². The van der Waals surface area contributed by atoms with Crippen molar-refractivity contribution in [2.75, 3.05) is 32.1 Å². The Balaban J connectivity index is 1.68. The van der Waals surface area contributed by atoms with Gasteiger partial charge in [0.1, 0.15) is 0 Å². The molecule has 0 aliphatic heterocycles. The average Bonchev–Trinajstić information content (AvgIpc) is 2.83. The maximum atomic E-state index is 12.8. The van der Waals surface area contributed by atoms with E-state index in [-0.39, 0.29) is 24.3 Å². The number of nitrogens with zero attached hydrogens (tertiary/aromatic N) is 1. The fraction of sp³-hybridized carbons (Fsp3) is 0.296. The van der Waals surface area contributed by atoms with Gasteiger partial charge in [-0.2, -0.15) is 0 Å². The summed E-state index contributed by atoms with van der Waals surface area (Å²) in [6.45, 7) is 3.10. The summed E-state index contributed by atoms with van der Waals surface area (Å²) in [5, 5.41) is 3.52. The highest BCUT2D eigenvalue weighted by molar-refractivity contribution is 7.90. The molecule has 0 aliphatic rings. The molecule has 3 rings (SSSR count). The summed E-state index contributed by atoms with van der Waals surface area (Å²) in [6.07, 6.45) is 0.758. The molecule has 0 saturated heterocycles. The van der Waals surface area contributed by atoms with Gasteiger partial charge in [-0.15, -0.1) is 0 Å². The molecule has 6 nitrogen and oxygen atoms in total. The molecule has 7 heteroatoms. The van der Waals surface area contributed by atoms with Crippen LogP contribution in [0.1, 0.15) is 30.5 Å². The van der Waals surface area contributed by atoms with Crippen molar-refractivity contribution in [2.45, 2.75) is 30.0 Å². The number of nitrogens with one attached hydrogen (secondary N) is 1. The molecule has 3 aromatic rings. The number of benzene rings is 3. The number of ether oxygens (including phenoxy) is 1. The van der Waals surface area contributed by atoms with E-state index in [0.717, 1.165) is 23.2 Å². The Kier molecular flexibility index (Phi) is 9.24. The third-order valence-electron chi connectivity index (χ3n) is 5.46. The summed E-state index contributed by atoms with van der Waals surface area (Å²) < 4.78 is 30.6. The number of sulfone groups is 1. The Morgan fingerprint density at radius 2 is 1.56 bits per heavy atom. The van der Waals surface area contributed by atoms with Crippen molar-refractivity contribution < 1.29 is 17.9 Å². The third kappa shape index (κ3) is 7.71. The second-order valence-corrected chi connectivity index (χ2v) is 10.2. The molecule has 1 unspecified atom stereocenters. The second kappa shape index (κ2) is 12.3. The summed E-state index contributed by atoms with van der Waals surface area (Å²) in [5.41, 5.74) is 2.72. The number of rotatable bonds is 12. The van der Waals surface area contributed by atoms with Gasteiger partial charge >= 0.3 is 5.97 Å². The highest BCUT2D eigenvalue weighted by Crippen LogP contribution is 2.25. The highest BCUT2D eigenvalue weighted by atomic mass is 32.2. The van der Waals surface area contributed by atoms with Crippen LogP contribution in [0, 0.1) is 0 Å². The van der Waals surface area contributed by atoms with Gasteiger partial charge in [-0.1, -0.05) is 60.7 Å². The molecule has 180 valence electrons.